The summed E-state index contributed by atoms with van der Waals surface area (Å²) in [6.45, 7) is 1.71. The highest BCUT2D eigenvalue weighted by atomic mass is 32.1. The number of hydrogen-bond acceptors (Lipinski definition) is 4. The van der Waals surface area contributed by atoms with Crippen LogP contribution in [0.2, 0.25) is 0 Å². The molecule has 0 aliphatic heterocycles. The Morgan fingerprint density at radius 2 is 1.80 bits per heavy atom. The number of thiophene rings is 1. The van der Waals surface area contributed by atoms with Gasteiger partial charge in [-0.3, -0.25) is 9.59 Å². The van der Waals surface area contributed by atoms with Crippen molar-refractivity contribution in [3.8, 4) is 5.75 Å². The van der Waals surface area contributed by atoms with Gasteiger partial charge in [0.05, 0.1) is 4.88 Å². The summed E-state index contributed by atoms with van der Waals surface area (Å²) >= 11 is 1.38. The second-order valence-electron chi connectivity index (χ2n) is 5.45. The number of hydrogen-bond donors (Lipinski definition) is 1. The van der Waals surface area contributed by atoms with Gasteiger partial charge in [0, 0.05) is 17.3 Å². The molecule has 5 heteroatoms. The predicted octanol–water partition coefficient (Wildman–Crippen LogP) is 4.65. The fraction of sp³-hybridized carbons (Fsp3) is 0.100. The van der Waals surface area contributed by atoms with E-state index >= 15 is 0 Å². The fourth-order valence-corrected chi connectivity index (χ4v) is 2.96. The second-order valence-corrected chi connectivity index (χ2v) is 6.40. The number of amides is 1. The number of anilines is 1. The summed E-state index contributed by atoms with van der Waals surface area (Å²) in [6, 6.07) is 19.6. The summed E-state index contributed by atoms with van der Waals surface area (Å²) in [4.78, 5) is 25.1. The molecule has 126 valence electrons. The molecule has 1 aromatic heterocycles. The Labute approximate surface area is 150 Å². The zero-order valence-electron chi connectivity index (χ0n) is 13.6. The highest BCUT2D eigenvalue weighted by molar-refractivity contribution is 7.12. The number of ketones is 1. The van der Waals surface area contributed by atoms with Crippen LogP contribution >= 0.6 is 11.3 Å². The third-order valence-electron chi connectivity index (χ3n) is 3.58. The normalized spacial score (nSPS) is 11.6. The molecule has 25 heavy (non-hydrogen) atoms. The van der Waals surface area contributed by atoms with E-state index in [1.54, 1.807) is 49.4 Å². The first-order valence-corrected chi connectivity index (χ1v) is 8.72. The molecule has 0 bridgehead atoms. The summed E-state index contributed by atoms with van der Waals surface area (Å²) in [6.07, 6.45) is -0.620. The molecule has 0 radical (unpaired) electrons. The van der Waals surface area contributed by atoms with Crippen molar-refractivity contribution in [2.45, 2.75) is 13.0 Å². The van der Waals surface area contributed by atoms with Gasteiger partial charge in [-0.2, -0.15) is 0 Å². The Morgan fingerprint density at radius 3 is 2.52 bits per heavy atom. The van der Waals surface area contributed by atoms with Crippen LogP contribution in [0, 0.1) is 0 Å². The van der Waals surface area contributed by atoms with Crippen LogP contribution in [0.3, 0.4) is 0 Å². The van der Waals surface area contributed by atoms with Crippen molar-refractivity contribution in [1.82, 2.24) is 0 Å². The zero-order chi connectivity index (χ0) is 17.6. The van der Waals surface area contributed by atoms with Gasteiger partial charge in [-0.1, -0.05) is 42.5 Å². The van der Waals surface area contributed by atoms with Crippen molar-refractivity contribution in [1.29, 1.82) is 0 Å². The molecule has 1 heterocycles. The number of rotatable bonds is 6. The first-order chi connectivity index (χ1) is 12.1. The third kappa shape index (κ3) is 4.33. The molecule has 3 rings (SSSR count). The van der Waals surface area contributed by atoms with E-state index in [1.807, 2.05) is 29.6 Å². The van der Waals surface area contributed by atoms with Crippen LogP contribution < -0.4 is 10.1 Å². The Morgan fingerprint density at radius 1 is 1.00 bits per heavy atom. The molecular formula is C20H17NO3S. The predicted molar refractivity (Wildman–Crippen MR) is 99.6 cm³/mol. The molecular weight excluding hydrogens is 334 g/mol. The van der Waals surface area contributed by atoms with Crippen LogP contribution in [0.4, 0.5) is 5.69 Å². The number of ether oxygens (including phenoxy) is 1. The SMILES string of the molecule is C[C@H](Oc1cccc(NC(=O)c2cccs2)c1)C(=O)c1ccccc1. The van der Waals surface area contributed by atoms with E-state index < -0.39 is 6.10 Å². The third-order valence-corrected chi connectivity index (χ3v) is 4.45. The van der Waals surface area contributed by atoms with Crippen molar-refractivity contribution >= 4 is 28.7 Å². The van der Waals surface area contributed by atoms with Gasteiger partial charge in [0.1, 0.15) is 5.75 Å². The minimum atomic E-state index is -0.620. The first-order valence-electron chi connectivity index (χ1n) is 7.84. The van der Waals surface area contributed by atoms with Gasteiger partial charge in [-0.15, -0.1) is 11.3 Å². The van der Waals surface area contributed by atoms with Crippen molar-refractivity contribution in [3.63, 3.8) is 0 Å². The lowest BCUT2D eigenvalue weighted by molar-refractivity contribution is 0.0818. The molecule has 0 fully saturated rings. The highest BCUT2D eigenvalue weighted by Gasteiger charge is 2.17. The van der Waals surface area contributed by atoms with Gasteiger partial charge >= 0.3 is 0 Å². The van der Waals surface area contributed by atoms with Crippen molar-refractivity contribution in [2.24, 2.45) is 0 Å². The molecule has 0 saturated heterocycles. The van der Waals surface area contributed by atoms with Crippen LogP contribution in [-0.4, -0.2) is 17.8 Å². The molecule has 2 aromatic carbocycles. The maximum Gasteiger partial charge on any atom is 0.265 e. The van der Waals surface area contributed by atoms with Gasteiger partial charge in [0.25, 0.3) is 5.91 Å². The van der Waals surface area contributed by atoms with Crippen LogP contribution in [-0.2, 0) is 0 Å². The number of carbonyl (C=O) groups is 2. The van der Waals surface area contributed by atoms with Crippen molar-refractivity contribution in [2.75, 3.05) is 5.32 Å². The lowest BCUT2D eigenvalue weighted by Crippen LogP contribution is -2.23. The lowest BCUT2D eigenvalue weighted by atomic mass is 10.1. The Balaban J connectivity index is 1.67. The van der Waals surface area contributed by atoms with Crippen LogP contribution in [0.25, 0.3) is 0 Å². The van der Waals surface area contributed by atoms with Gasteiger partial charge in [-0.25, -0.2) is 0 Å². The highest BCUT2D eigenvalue weighted by Crippen LogP contribution is 2.21. The Bertz CT molecular complexity index is 860. The van der Waals surface area contributed by atoms with Crippen molar-refractivity contribution in [3.05, 3.63) is 82.6 Å². The van der Waals surface area contributed by atoms with E-state index in [4.69, 9.17) is 4.74 Å². The Kier molecular flexibility index (Phi) is 5.26. The molecule has 3 aromatic rings. The maximum absolute atomic E-state index is 12.4. The van der Waals surface area contributed by atoms with Crippen LogP contribution in [0.15, 0.2) is 72.1 Å². The number of benzene rings is 2. The molecule has 0 aliphatic rings. The topological polar surface area (TPSA) is 55.4 Å². The van der Waals surface area contributed by atoms with E-state index in [-0.39, 0.29) is 11.7 Å². The average Bonchev–Trinajstić information content (AvgIpc) is 3.17. The van der Waals surface area contributed by atoms with Gasteiger partial charge in [0.2, 0.25) is 5.78 Å². The molecule has 4 nitrogen and oxygen atoms in total. The van der Waals surface area contributed by atoms with Gasteiger partial charge < -0.3 is 10.1 Å². The smallest absolute Gasteiger partial charge is 0.265 e. The molecule has 1 atom stereocenters. The molecule has 0 spiro atoms. The van der Waals surface area contributed by atoms with E-state index in [0.717, 1.165) is 0 Å². The van der Waals surface area contributed by atoms with E-state index in [9.17, 15) is 9.59 Å². The molecule has 0 aliphatic carbocycles. The first kappa shape index (κ1) is 16.9. The molecule has 0 saturated carbocycles. The van der Waals surface area contributed by atoms with Crippen LogP contribution in [0.5, 0.6) is 5.75 Å². The summed E-state index contributed by atoms with van der Waals surface area (Å²) < 4.78 is 5.75. The summed E-state index contributed by atoms with van der Waals surface area (Å²) in [7, 11) is 0. The van der Waals surface area contributed by atoms with E-state index in [1.165, 1.54) is 11.3 Å². The minimum absolute atomic E-state index is 0.0892. The number of nitrogens with one attached hydrogen (secondary N) is 1. The average molecular weight is 351 g/mol. The quantitative estimate of drug-likeness (QED) is 0.658. The Hall–Kier alpha value is -2.92. The van der Waals surface area contributed by atoms with E-state index in [2.05, 4.69) is 5.32 Å². The summed E-state index contributed by atoms with van der Waals surface area (Å²) in [5, 5.41) is 4.68. The van der Waals surface area contributed by atoms with Gasteiger partial charge in [0.15, 0.2) is 6.10 Å². The number of carbonyl (C=O) groups excluding carboxylic acids is 2. The standard InChI is InChI=1S/C20H17NO3S/c1-14(19(22)15-7-3-2-4-8-15)24-17-10-5-9-16(13-17)21-20(23)18-11-6-12-25-18/h2-14H,1H3,(H,21,23)/t14-/m0/s1. The fourth-order valence-electron chi connectivity index (χ4n) is 2.34. The minimum Gasteiger partial charge on any atom is -0.482 e. The van der Waals surface area contributed by atoms with Gasteiger partial charge in [-0.05, 0) is 30.5 Å². The maximum atomic E-state index is 12.4. The van der Waals surface area contributed by atoms with Crippen molar-refractivity contribution < 1.29 is 14.3 Å². The van der Waals surface area contributed by atoms with E-state index in [0.29, 0.717) is 21.9 Å². The largest absolute Gasteiger partial charge is 0.482 e. The van der Waals surface area contributed by atoms with Crippen LogP contribution in [0.1, 0.15) is 27.0 Å². The zero-order valence-corrected chi connectivity index (χ0v) is 14.5. The molecule has 1 amide bonds. The monoisotopic (exact) mass is 351 g/mol. The summed E-state index contributed by atoms with van der Waals surface area (Å²) in [5.41, 5.74) is 1.23. The second kappa shape index (κ2) is 7.77. The summed E-state index contributed by atoms with van der Waals surface area (Å²) in [5.74, 6) is 0.273. The molecule has 0 unspecified atom stereocenters. The molecule has 1 N–H and O–H groups in total. The lowest BCUT2D eigenvalue weighted by Gasteiger charge is -2.14. The number of Topliss-reactive ketones (excluding diaryl/α,β-unsaturated/α-hetero) is 1.